The van der Waals surface area contributed by atoms with Gasteiger partial charge in [0.25, 0.3) is 6.47 Å². The Labute approximate surface area is 344 Å². The van der Waals surface area contributed by atoms with E-state index in [0.717, 1.165) is 0 Å². The molecule has 0 saturated carbocycles. The Hall–Kier alpha value is -2.48. The van der Waals surface area contributed by atoms with E-state index < -0.39 is 114 Å². The van der Waals surface area contributed by atoms with Gasteiger partial charge in [0, 0.05) is 39.4 Å². The molecule has 336 valence electrons. The van der Waals surface area contributed by atoms with Gasteiger partial charge in [0.1, 0.15) is 18.3 Å². The highest BCUT2D eigenvalue weighted by Gasteiger charge is 2.54. The van der Waals surface area contributed by atoms with Crippen molar-refractivity contribution in [3.8, 4) is 0 Å². The molecule has 0 bridgehead atoms. The van der Waals surface area contributed by atoms with Crippen LogP contribution in [0.15, 0.2) is 0 Å². The monoisotopic (exact) mass is 832 g/mol. The zero-order valence-corrected chi connectivity index (χ0v) is 37.2. The van der Waals surface area contributed by atoms with E-state index in [2.05, 4.69) is 5.32 Å². The summed E-state index contributed by atoms with van der Waals surface area (Å²) in [7, 11) is 6.73. The molecule has 0 aromatic rings. The van der Waals surface area contributed by atoms with Gasteiger partial charge < -0.3 is 63.1 Å². The van der Waals surface area contributed by atoms with Crippen LogP contribution in [0.1, 0.15) is 102 Å². The van der Waals surface area contributed by atoms with E-state index in [4.69, 9.17) is 42.6 Å². The average Bonchev–Trinajstić information content (AvgIpc) is 3.15. The number of carbonyl (C=O) groups is 4. The molecule has 3 fully saturated rings. The van der Waals surface area contributed by atoms with Gasteiger partial charge in [-0.25, -0.2) is 0 Å². The molecule has 3 aliphatic rings. The lowest BCUT2D eigenvalue weighted by Gasteiger charge is -2.49. The van der Waals surface area contributed by atoms with Crippen molar-refractivity contribution in [2.24, 2.45) is 17.8 Å². The average molecular weight is 833 g/mol. The first-order valence-electron chi connectivity index (χ1n) is 20.5. The van der Waals surface area contributed by atoms with Crippen LogP contribution in [0.5, 0.6) is 0 Å². The lowest BCUT2D eigenvalue weighted by atomic mass is 9.77. The molecule has 58 heavy (non-hydrogen) atoms. The number of nitrogens with zero attached hydrogens (tertiary/aromatic N) is 1. The van der Waals surface area contributed by atoms with Crippen LogP contribution in [-0.2, 0) is 61.8 Å². The number of nitrogens with one attached hydrogen (secondary N) is 1. The molecule has 3 saturated heterocycles. The van der Waals surface area contributed by atoms with Gasteiger partial charge in [-0.1, -0.05) is 20.8 Å². The molecule has 17 heteroatoms. The van der Waals surface area contributed by atoms with Gasteiger partial charge in [0.2, 0.25) is 5.91 Å². The van der Waals surface area contributed by atoms with Gasteiger partial charge in [0.15, 0.2) is 24.3 Å². The van der Waals surface area contributed by atoms with E-state index in [1.165, 1.54) is 28.1 Å². The summed E-state index contributed by atoms with van der Waals surface area (Å²) < 4.78 is 56.0. The van der Waals surface area contributed by atoms with Crippen molar-refractivity contribution in [2.45, 2.75) is 192 Å². The van der Waals surface area contributed by atoms with E-state index in [-0.39, 0.29) is 37.9 Å². The number of esters is 2. The molecular weight excluding hydrogens is 760 g/mol. The summed E-state index contributed by atoms with van der Waals surface area (Å²) in [6, 6.07) is -1.27. The van der Waals surface area contributed by atoms with Gasteiger partial charge in [-0.3, -0.25) is 19.2 Å². The third-order valence-electron chi connectivity index (χ3n) is 12.7. The summed E-state index contributed by atoms with van der Waals surface area (Å²) in [6.45, 7) is 18.5. The standard InChI is InChI=1S/C41H72N2O15/c1-16-29-41(11,52-20-44)33(46)25(6)42-36(48)21(2)18-40(10,51-15)35(58-38-32(55-27(8)45)28(43(12)13)17-22(3)53-38)23(4)31(24(5)37(49)56-29)57-30-19-39(9,50-14)34(47)26(7)54-30/h20-26,28-35,38,46-47H,16-19H2,1-15H3,(H,42,48)/t21-,22-,23+,24-,25-,26+,28+,29-,30+,31+,32-,33-,34?,35-,38+,39-,40-,41-/m1/s1. The number of amides is 1. The highest BCUT2D eigenvalue weighted by Crippen LogP contribution is 2.41. The van der Waals surface area contributed by atoms with Crippen LogP contribution in [0.2, 0.25) is 0 Å². The van der Waals surface area contributed by atoms with Crippen LogP contribution in [0, 0.1) is 17.8 Å². The van der Waals surface area contributed by atoms with Crippen molar-refractivity contribution in [3.63, 3.8) is 0 Å². The van der Waals surface area contributed by atoms with Gasteiger partial charge in [-0.15, -0.1) is 0 Å². The molecule has 1 amide bonds. The number of aliphatic hydroxyl groups excluding tert-OH is 2. The number of rotatable bonds is 11. The molecule has 3 heterocycles. The quantitative estimate of drug-likeness (QED) is 0.155. The number of carbonyl (C=O) groups excluding carboxylic acids is 4. The van der Waals surface area contributed by atoms with Gasteiger partial charge in [-0.05, 0) is 81.8 Å². The fourth-order valence-electron chi connectivity index (χ4n) is 8.95. The van der Waals surface area contributed by atoms with Crippen LogP contribution in [-0.4, -0.2) is 158 Å². The van der Waals surface area contributed by atoms with Crippen LogP contribution < -0.4 is 5.32 Å². The van der Waals surface area contributed by atoms with Crippen LogP contribution >= 0.6 is 0 Å². The van der Waals surface area contributed by atoms with Gasteiger partial charge in [-0.2, -0.15) is 0 Å². The zero-order chi connectivity index (χ0) is 44.1. The van der Waals surface area contributed by atoms with E-state index in [1.807, 2.05) is 32.8 Å². The molecule has 0 spiro atoms. The number of likely N-dealkylation sites (N-methyl/N-ethyl adjacent to an activating group) is 1. The van der Waals surface area contributed by atoms with E-state index >= 15 is 0 Å². The smallest absolute Gasteiger partial charge is 0.311 e. The molecule has 0 aromatic carbocycles. The van der Waals surface area contributed by atoms with E-state index in [1.54, 1.807) is 48.5 Å². The van der Waals surface area contributed by atoms with Crippen molar-refractivity contribution >= 4 is 24.3 Å². The maximum atomic E-state index is 14.5. The minimum Gasteiger partial charge on any atom is -0.458 e. The Morgan fingerprint density at radius 3 is 2.09 bits per heavy atom. The second kappa shape index (κ2) is 20.4. The summed E-state index contributed by atoms with van der Waals surface area (Å²) in [6.07, 6.45) is -9.05. The predicted molar refractivity (Wildman–Crippen MR) is 209 cm³/mol. The highest BCUT2D eigenvalue weighted by atomic mass is 16.7. The number of hydrogen-bond donors (Lipinski definition) is 3. The SMILES string of the molecule is CC[C@H]1OC(=O)[C@H](C)[C@@H](O[C@H]2C[C@@](C)(OC)C(O)[C@H](C)O2)[C@H](C)[C@@H](O[C@@H]2O[C@H](C)C[C@H](N(C)C)[C@H]2OC(C)=O)[C@](C)(OC)C[C@@H](C)C(=O)N[C@H](C)[C@@H](O)[C@]1(C)OC=O. The first-order valence-corrected chi connectivity index (χ1v) is 20.5. The molecule has 3 N–H and O–H groups in total. The number of hydrogen-bond acceptors (Lipinski definition) is 16. The van der Waals surface area contributed by atoms with Crippen LogP contribution in [0.3, 0.4) is 0 Å². The van der Waals surface area contributed by atoms with Crippen molar-refractivity contribution < 1.29 is 72.0 Å². The largest absolute Gasteiger partial charge is 0.458 e. The number of aliphatic hydroxyl groups is 2. The van der Waals surface area contributed by atoms with Crippen molar-refractivity contribution in [2.75, 3.05) is 28.3 Å². The van der Waals surface area contributed by atoms with Gasteiger partial charge in [0.05, 0.1) is 53.6 Å². The first-order chi connectivity index (χ1) is 26.9. The molecule has 3 rings (SSSR count). The molecule has 3 aliphatic heterocycles. The maximum Gasteiger partial charge on any atom is 0.311 e. The molecule has 18 atom stereocenters. The topological polar surface area (TPSA) is 207 Å². The first kappa shape index (κ1) is 49.9. The summed E-state index contributed by atoms with van der Waals surface area (Å²) in [4.78, 5) is 54.8. The van der Waals surface area contributed by atoms with Gasteiger partial charge >= 0.3 is 11.9 Å². The van der Waals surface area contributed by atoms with Crippen LogP contribution in [0.25, 0.3) is 0 Å². The maximum absolute atomic E-state index is 14.5. The van der Waals surface area contributed by atoms with Crippen molar-refractivity contribution in [1.82, 2.24) is 10.2 Å². The third-order valence-corrected chi connectivity index (χ3v) is 12.7. The summed E-state index contributed by atoms with van der Waals surface area (Å²) in [5, 5.41) is 25.5. The normalized spacial score (nSPS) is 45.0. The second-order valence-corrected chi connectivity index (χ2v) is 17.5. The summed E-state index contributed by atoms with van der Waals surface area (Å²) in [5.74, 6) is -4.36. The van der Waals surface area contributed by atoms with Crippen LogP contribution in [0.4, 0.5) is 0 Å². The fraction of sp³-hybridized carbons (Fsp3) is 0.902. The van der Waals surface area contributed by atoms with E-state index in [9.17, 15) is 29.4 Å². The zero-order valence-electron chi connectivity index (χ0n) is 37.2. The number of ether oxygens (including phenoxy) is 9. The fourth-order valence-corrected chi connectivity index (χ4v) is 8.95. The predicted octanol–water partition coefficient (Wildman–Crippen LogP) is 2.49. The van der Waals surface area contributed by atoms with Crippen molar-refractivity contribution in [1.29, 1.82) is 0 Å². The summed E-state index contributed by atoms with van der Waals surface area (Å²) >= 11 is 0. The van der Waals surface area contributed by atoms with Crippen molar-refractivity contribution in [3.05, 3.63) is 0 Å². The minimum absolute atomic E-state index is 0.0565. The molecule has 0 aliphatic carbocycles. The Kier molecular flexibility index (Phi) is 17.5. The third kappa shape index (κ3) is 11.1. The van der Waals surface area contributed by atoms with E-state index in [0.29, 0.717) is 6.42 Å². The lowest BCUT2D eigenvalue weighted by Crippen LogP contribution is -2.61. The summed E-state index contributed by atoms with van der Waals surface area (Å²) in [5.41, 5.74) is -4.17. The minimum atomic E-state index is -1.78. The number of methoxy groups -OCH3 is 2. The molecular formula is C41H72N2O15. The Balaban J connectivity index is 2.30. The number of cyclic esters (lactones) is 1. The Morgan fingerprint density at radius 2 is 1.55 bits per heavy atom. The lowest BCUT2D eigenvalue weighted by molar-refractivity contribution is -0.320. The second-order valence-electron chi connectivity index (χ2n) is 17.5. The molecule has 17 nitrogen and oxygen atoms in total. The Morgan fingerprint density at radius 1 is 0.931 bits per heavy atom. The molecule has 0 radical (unpaired) electrons. The highest BCUT2D eigenvalue weighted by molar-refractivity contribution is 5.78. The Bertz CT molecular complexity index is 1390. The molecule has 1 unspecified atom stereocenters. The molecule has 0 aromatic heterocycles.